The molecule has 2 aromatic carbocycles. The summed E-state index contributed by atoms with van der Waals surface area (Å²) in [6, 6.07) is 18.1. The van der Waals surface area contributed by atoms with E-state index in [1.54, 1.807) is 0 Å². The first-order valence-electron chi connectivity index (χ1n) is 15.3. The molecule has 3 aromatic rings. The van der Waals surface area contributed by atoms with Gasteiger partial charge in [-0.2, -0.15) is 0 Å². The highest BCUT2D eigenvalue weighted by atomic mass is 32.2. The van der Waals surface area contributed by atoms with Crippen LogP contribution in [0.5, 0.6) is 0 Å². The van der Waals surface area contributed by atoms with Gasteiger partial charge in [0, 0.05) is 18.3 Å². The number of sulfone groups is 1. The molecule has 3 N–H and O–H groups in total. The minimum absolute atomic E-state index is 0.0554. The Labute approximate surface area is 260 Å². The molecule has 0 aliphatic rings. The number of pyridine rings is 1. The lowest BCUT2D eigenvalue weighted by Crippen LogP contribution is -2.43. The average Bonchev–Trinajstić information content (AvgIpc) is 3.04. The van der Waals surface area contributed by atoms with E-state index in [0.717, 1.165) is 37.7 Å². The van der Waals surface area contributed by atoms with Crippen molar-refractivity contribution in [2.24, 2.45) is 0 Å². The Hall–Kier alpha value is -3.89. The largest absolute Gasteiger partial charge is 0.390 e. The number of carbonyl (C=O) groups excluding carboxylic acids is 3. The summed E-state index contributed by atoms with van der Waals surface area (Å²) in [5.41, 5.74) is 1.82. The zero-order chi connectivity index (χ0) is 31.8. The van der Waals surface area contributed by atoms with Gasteiger partial charge in [0.15, 0.2) is 9.84 Å². The smallest absolute Gasteiger partial charge is 0.259 e. The Bertz CT molecular complexity index is 1440. The van der Waals surface area contributed by atoms with Gasteiger partial charge < -0.3 is 10.4 Å². The van der Waals surface area contributed by atoms with Crippen LogP contribution in [0, 0.1) is 0 Å². The second-order valence-corrected chi connectivity index (χ2v) is 13.0. The van der Waals surface area contributed by atoms with Crippen LogP contribution in [-0.2, 0) is 27.7 Å². The maximum atomic E-state index is 13.7. The van der Waals surface area contributed by atoms with E-state index in [1.807, 2.05) is 30.3 Å². The van der Waals surface area contributed by atoms with Gasteiger partial charge in [-0.25, -0.2) is 8.42 Å². The SMILES string of the molecule is CCCCCCCCCCC(C(=O)NC(=O)c1ccc(CO)nc1)S(=O)(=O)c1ccc(C(=O)NCCc2ccccc2)cc1. The van der Waals surface area contributed by atoms with E-state index >= 15 is 0 Å². The van der Waals surface area contributed by atoms with E-state index in [4.69, 9.17) is 0 Å². The molecule has 9 nitrogen and oxygen atoms in total. The lowest BCUT2D eigenvalue weighted by Gasteiger charge is -2.18. The normalized spacial score (nSPS) is 12.0. The first kappa shape index (κ1) is 34.6. The van der Waals surface area contributed by atoms with Crippen molar-refractivity contribution in [2.75, 3.05) is 6.54 Å². The van der Waals surface area contributed by atoms with E-state index in [-0.39, 0.29) is 29.4 Å². The number of aliphatic hydroxyl groups is 1. The van der Waals surface area contributed by atoms with Crippen molar-refractivity contribution in [1.82, 2.24) is 15.6 Å². The molecule has 1 atom stereocenters. The highest BCUT2D eigenvalue weighted by Crippen LogP contribution is 2.22. The molecule has 0 fully saturated rings. The second-order valence-electron chi connectivity index (χ2n) is 10.8. The van der Waals surface area contributed by atoms with Gasteiger partial charge in [0.1, 0.15) is 5.25 Å². The fraction of sp³-hybridized carbons (Fsp3) is 0.412. The van der Waals surface area contributed by atoms with Gasteiger partial charge >= 0.3 is 0 Å². The molecule has 10 heteroatoms. The summed E-state index contributed by atoms with van der Waals surface area (Å²) in [4.78, 5) is 42.5. The molecule has 44 heavy (non-hydrogen) atoms. The number of aliphatic hydroxyl groups excluding tert-OH is 1. The number of aromatic nitrogens is 1. The number of imide groups is 1. The Kier molecular flexibility index (Phi) is 14.2. The lowest BCUT2D eigenvalue weighted by molar-refractivity contribution is -0.119. The predicted octanol–water partition coefficient (Wildman–Crippen LogP) is 5.18. The average molecular weight is 622 g/mol. The van der Waals surface area contributed by atoms with Crippen molar-refractivity contribution in [2.45, 2.75) is 87.9 Å². The van der Waals surface area contributed by atoms with Gasteiger partial charge in [-0.15, -0.1) is 0 Å². The van der Waals surface area contributed by atoms with Gasteiger partial charge in [0.2, 0.25) is 5.91 Å². The summed E-state index contributed by atoms with van der Waals surface area (Å²) in [7, 11) is -4.18. The van der Waals surface area contributed by atoms with Crippen LogP contribution in [0.2, 0.25) is 0 Å². The molecule has 0 bridgehead atoms. The molecule has 0 spiro atoms. The number of hydrogen-bond acceptors (Lipinski definition) is 7. The topological polar surface area (TPSA) is 143 Å². The number of nitrogens with one attached hydrogen (secondary N) is 2. The Balaban J connectivity index is 1.68. The molecule has 0 saturated heterocycles. The Morgan fingerprint density at radius 1 is 0.795 bits per heavy atom. The quantitative estimate of drug-likeness (QED) is 0.166. The number of carbonyl (C=O) groups is 3. The van der Waals surface area contributed by atoms with Gasteiger partial charge in [-0.1, -0.05) is 88.6 Å². The standard InChI is InChI=1S/C34H43N3O6S/c1-2-3-4-5-6-7-8-12-15-31(34(41)37-33(40)28-16-19-29(25-38)36-24-28)44(42,43)30-20-17-27(18-21-30)32(39)35-23-22-26-13-10-9-11-14-26/h9-11,13-14,16-21,24,31,38H,2-8,12,15,22-23,25H2,1H3,(H,35,39)(H,37,40,41). The van der Waals surface area contributed by atoms with Crippen LogP contribution < -0.4 is 10.6 Å². The number of hydrogen-bond donors (Lipinski definition) is 3. The van der Waals surface area contributed by atoms with E-state index in [9.17, 15) is 27.9 Å². The zero-order valence-corrected chi connectivity index (χ0v) is 26.2. The number of nitrogens with zero attached hydrogens (tertiary/aromatic N) is 1. The fourth-order valence-electron chi connectivity index (χ4n) is 4.84. The monoisotopic (exact) mass is 621 g/mol. The first-order valence-corrected chi connectivity index (χ1v) is 16.9. The molecule has 0 aliphatic carbocycles. The summed E-state index contributed by atoms with van der Waals surface area (Å²) >= 11 is 0. The summed E-state index contributed by atoms with van der Waals surface area (Å²) in [5.74, 6) is -2.01. The molecule has 0 radical (unpaired) electrons. The lowest BCUT2D eigenvalue weighted by atomic mass is 10.1. The summed E-state index contributed by atoms with van der Waals surface area (Å²) < 4.78 is 27.4. The minimum Gasteiger partial charge on any atom is -0.390 e. The molecule has 0 saturated carbocycles. The van der Waals surface area contributed by atoms with Crippen LogP contribution in [0.1, 0.15) is 96.7 Å². The Morgan fingerprint density at radius 2 is 1.43 bits per heavy atom. The molecular weight excluding hydrogens is 578 g/mol. The van der Waals surface area contributed by atoms with Gasteiger partial charge in [-0.05, 0) is 54.8 Å². The van der Waals surface area contributed by atoms with Gasteiger partial charge in [-0.3, -0.25) is 24.7 Å². The highest BCUT2D eigenvalue weighted by Gasteiger charge is 2.34. The van der Waals surface area contributed by atoms with Crippen molar-refractivity contribution in [3.8, 4) is 0 Å². The third kappa shape index (κ3) is 10.7. The second kappa shape index (κ2) is 18.0. The van der Waals surface area contributed by atoms with Crippen LogP contribution in [-0.4, -0.2) is 48.0 Å². The maximum Gasteiger partial charge on any atom is 0.259 e. The zero-order valence-electron chi connectivity index (χ0n) is 25.3. The van der Waals surface area contributed by atoms with Crippen molar-refractivity contribution < 1.29 is 27.9 Å². The van der Waals surface area contributed by atoms with E-state index in [2.05, 4.69) is 22.5 Å². The molecule has 1 aromatic heterocycles. The first-order chi connectivity index (χ1) is 21.3. The summed E-state index contributed by atoms with van der Waals surface area (Å²) in [5, 5.41) is 12.8. The van der Waals surface area contributed by atoms with E-state index in [0.29, 0.717) is 30.6 Å². The molecule has 1 unspecified atom stereocenters. The van der Waals surface area contributed by atoms with Gasteiger partial charge in [0.05, 0.1) is 22.8 Å². The number of rotatable bonds is 18. The van der Waals surface area contributed by atoms with Crippen molar-refractivity contribution in [3.05, 3.63) is 95.3 Å². The van der Waals surface area contributed by atoms with E-state index < -0.39 is 26.9 Å². The van der Waals surface area contributed by atoms with Gasteiger partial charge in [0.25, 0.3) is 11.8 Å². The number of amides is 3. The van der Waals surface area contributed by atoms with Crippen LogP contribution in [0.4, 0.5) is 0 Å². The van der Waals surface area contributed by atoms with E-state index in [1.165, 1.54) is 55.4 Å². The molecule has 0 aliphatic heterocycles. The summed E-state index contributed by atoms with van der Waals surface area (Å²) in [6.45, 7) is 2.29. The molecule has 236 valence electrons. The number of unbranched alkanes of at least 4 members (excludes halogenated alkanes) is 7. The van der Waals surface area contributed by atoms with Crippen LogP contribution in [0.15, 0.2) is 77.8 Å². The van der Waals surface area contributed by atoms with Crippen LogP contribution in [0.25, 0.3) is 0 Å². The summed E-state index contributed by atoms with van der Waals surface area (Å²) in [6.07, 6.45) is 9.86. The molecule has 1 heterocycles. The minimum atomic E-state index is -4.18. The number of benzene rings is 2. The van der Waals surface area contributed by atoms with Crippen LogP contribution >= 0.6 is 0 Å². The third-order valence-electron chi connectivity index (χ3n) is 7.46. The molecular formula is C34H43N3O6S. The maximum absolute atomic E-state index is 13.7. The van der Waals surface area contributed by atoms with Crippen molar-refractivity contribution in [1.29, 1.82) is 0 Å². The molecule has 3 amide bonds. The van der Waals surface area contributed by atoms with Crippen molar-refractivity contribution >= 4 is 27.6 Å². The van der Waals surface area contributed by atoms with Crippen LogP contribution in [0.3, 0.4) is 0 Å². The predicted molar refractivity (Wildman–Crippen MR) is 170 cm³/mol. The highest BCUT2D eigenvalue weighted by molar-refractivity contribution is 7.92. The fourth-order valence-corrected chi connectivity index (χ4v) is 6.50. The van der Waals surface area contributed by atoms with Crippen molar-refractivity contribution in [3.63, 3.8) is 0 Å². The molecule has 3 rings (SSSR count). The third-order valence-corrected chi connectivity index (χ3v) is 9.59. The Morgan fingerprint density at radius 3 is 2.05 bits per heavy atom.